The molecule has 1 rings (SSSR count). The number of esters is 1. The standard InChI is InChI=1S/C12H20O2/c1-3-10-6-4-5-7-11(10)8-9-12(13)14-2/h3,11H,4-9H2,1-2H3. The molecule has 80 valence electrons. The van der Waals surface area contributed by atoms with Crippen molar-refractivity contribution in [3.63, 3.8) is 0 Å². The number of hydrogen-bond donors (Lipinski definition) is 0. The van der Waals surface area contributed by atoms with Crippen molar-refractivity contribution in [2.75, 3.05) is 7.11 Å². The molecule has 1 aliphatic rings. The number of hydrogen-bond acceptors (Lipinski definition) is 2. The summed E-state index contributed by atoms with van der Waals surface area (Å²) in [7, 11) is 1.46. The van der Waals surface area contributed by atoms with Gasteiger partial charge in [-0.2, -0.15) is 0 Å². The van der Waals surface area contributed by atoms with Crippen molar-refractivity contribution < 1.29 is 9.53 Å². The predicted octanol–water partition coefficient (Wildman–Crippen LogP) is 3.08. The molecule has 0 aromatic rings. The monoisotopic (exact) mass is 196 g/mol. The summed E-state index contributed by atoms with van der Waals surface area (Å²) in [4.78, 5) is 11.0. The van der Waals surface area contributed by atoms with Crippen LogP contribution in [0.3, 0.4) is 0 Å². The van der Waals surface area contributed by atoms with Crippen LogP contribution in [-0.4, -0.2) is 13.1 Å². The van der Waals surface area contributed by atoms with Crippen molar-refractivity contribution in [1.82, 2.24) is 0 Å². The van der Waals surface area contributed by atoms with Crippen LogP contribution in [0.15, 0.2) is 11.6 Å². The van der Waals surface area contributed by atoms with E-state index in [4.69, 9.17) is 0 Å². The maximum atomic E-state index is 11.0. The summed E-state index contributed by atoms with van der Waals surface area (Å²) in [5, 5.41) is 0. The molecule has 1 atom stereocenters. The fourth-order valence-corrected chi connectivity index (χ4v) is 2.21. The Labute approximate surface area is 86.3 Å². The Morgan fingerprint density at radius 3 is 3.00 bits per heavy atom. The van der Waals surface area contributed by atoms with E-state index in [-0.39, 0.29) is 5.97 Å². The van der Waals surface area contributed by atoms with Gasteiger partial charge in [0.05, 0.1) is 7.11 Å². The van der Waals surface area contributed by atoms with E-state index < -0.39 is 0 Å². The molecule has 0 N–H and O–H groups in total. The van der Waals surface area contributed by atoms with Crippen LogP contribution in [0.1, 0.15) is 45.4 Å². The lowest BCUT2D eigenvalue weighted by molar-refractivity contribution is -0.140. The summed E-state index contributed by atoms with van der Waals surface area (Å²) < 4.78 is 4.65. The second-order valence-electron chi connectivity index (χ2n) is 3.92. The third-order valence-electron chi connectivity index (χ3n) is 3.09. The van der Waals surface area contributed by atoms with Gasteiger partial charge in [0.2, 0.25) is 0 Å². The van der Waals surface area contributed by atoms with Gasteiger partial charge in [-0.3, -0.25) is 4.79 Å². The third-order valence-corrected chi connectivity index (χ3v) is 3.09. The molecule has 2 heteroatoms. The Morgan fingerprint density at radius 1 is 1.57 bits per heavy atom. The number of carbonyl (C=O) groups is 1. The van der Waals surface area contributed by atoms with Gasteiger partial charge in [0.25, 0.3) is 0 Å². The highest BCUT2D eigenvalue weighted by molar-refractivity contribution is 5.69. The highest BCUT2D eigenvalue weighted by Gasteiger charge is 2.18. The maximum Gasteiger partial charge on any atom is 0.305 e. The first-order valence-corrected chi connectivity index (χ1v) is 5.49. The molecule has 0 radical (unpaired) electrons. The van der Waals surface area contributed by atoms with Gasteiger partial charge in [-0.05, 0) is 38.5 Å². The van der Waals surface area contributed by atoms with E-state index in [9.17, 15) is 4.79 Å². The van der Waals surface area contributed by atoms with E-state index in [0.29, 0.717) is 12.3 Å². The normalized spacial score (nSPS) is 25.0. The first-order valence-electron chi connectivity index (χ1n) is 5.49. The van der Waals surface area contributed by atoms with Crippen molar-refractivity contribution in [1.29, 1.82) is 0 Å². The van der Waals surface area contributed by atoms with E-state index in [1.807, 2.05) is 0 Å². The van der Waals surface area contributed by atoms with Gasteiger partial charge in [-0.15, -0.1) is 0 Å². The minimum atomic E-state index is -0.0778. The van der Waals surface area contributed by atoms with Crippen LogP contribution in [-0.2, 0) is 9.53 Å². The number of allylic oxidation sites excluding steroid dienone is 2. The molecule has 0 heterocycles. The van der Waals surface area contributed by atoms with Crippen LogP contribution < -0.4 is 0 Å². The summed E-state index contributed by atoms with van der Waals surface area (Å²) in [6, 6.07) is 0. The van der Waals surface area contributed by atoms with Crippen LogP contribution in [0.4, 0.5) is 0 Å². The Balaban J connectivity index is 2.37. The van der Waals surface area contributed by atoms with Gasteiger partial charge in [0.1, 0.15) is 0 Å². The Kier molecular flexibility index (Phi) is 4.71. The van der Waals surface area contributed by atoms with Crippen LogP contribution in [0.5, 0.6) is 0 Å². The van der Waals surface area contributed by atoms with E-state index >= 15 is 0 Å². The predicted molar refractivity (Wildman–Crippen MR) is 57.0 cm³/mol. The lowest BCUT2D eigenvalue weighted by Crippen LogP contribution is -2.12. The fraction of sp³-hybridized carbons (Fsp3) is 0.750. The molecule has 1 aliphatic carbocycles. The number of rotatable bonds is 3. The van der Waals surface area contributed by atoms with Gasteiger partial charge in [0.15, 0.2) is 0 Å². The zero-order chi connectivity index (χ0) is 10.4. The average Bonchev–Trinajstić information content (AvgIpc) is 2.26. The zero-order valence-electron chi connectivity index (χ0n) is 9.21. The van der Waals surface area contributed by atoms with Gasteiger partial charge in [-0.25, -0.2) is 0 Å². The van der Waals surface area contributed by atoms with Crippen molar-refractivity contribution in [2.45, 2.75) is 45.4 Å². The SMILES string of the molecule is CC=C1CCCCC1CCC(=O)OC. The van der Waals surface area contributed by atoms with E-state index in [0.717, 1.165) is 6.42 Å². The third kappa shape index (κ3) is 3.17. The topological polar surface area (TPSA) is 26.3 Å². The summed E-state index contributed by atoms with van der Waals surface area (Å²) in [6.07, 6.45) is 8.85. The molecule has 14 heavy (non-hydrogen) atoms. The quantitative estimate of drug-likeness (QED) is 0.512. The summed E-state index contributed by atoms with van der Waals surface area (Å²) in [5.41, 5.74) is 1.54. The molecule has 0 aromatic carbocycles. The van der Waals surface area contributed by atoms with E-state index in [2.05, 4.69) is 17.7 Å². The Hall–Kier alpha value is -0.790. The van der Waals surface area contributed by atoms with Crippen LogP contribution in [0.2, 0.25) is 0 Å². The molecule has 0 aliphatic heterocycles. The minimum Gasteiger partial charge on any atom is -0.469 e. The average molecular weight is 196 g/mol. The summed E-state index contributed by atoms with van der Waals surface area (Å²) in [6.45, 7) is 2.10. The van der Waals surface area contributed by atoms with Gasteiger partial charge in [0, 0.05) is 6.42 Å². The van der Waals surface area contributed by atoms with Crippen LogP contribution in [0.25, 0.3) is 0 Å². The zero-order valence-corrected chi connectivity index (χ0v) is 9.21. The van der Waals surface area contributed by atoms with E-state index in [1.54, 1.807) is 5.57 Å². The molecule has 2 nitrogen and oxygen atoms in total. The summed E-state index contributed by atoms with van der Waals surface area (Å²) in [5.74, 6) is 0.555. The number of ether oxygens (including phenoxy) is 1. The molecule has 1 fully saturated rings. The molecule has 0 saturated heterocycles. The van der Waals surface area contributed by atoms with E-state index in [1.165, 1.54) is 32.8 Å². The van der Waals surface area contributed by atoms with Crippen molar-refractivity contribution >= 4 is 5.97 Å². The minimum absolute atomic E-state index is 0.0778. The Bertz CT molecular complexity index is 218. The lowest BCUT2D eigenvalue weighted by Gasteiger charge is -2.24. The molecule has 0 amide bonds. The largest absolute Gasteiger partial charge is 0.469 e. The molecule has 1 unspecified atom stereocenters. The van der Waals surface area contributed by atoms with Gasteiger partial charge < -0.3 is 4.74 Å². The molecule has 0 bridgehead atoms. The molecule has 0 spiro atoms. The molecule has 0 aromatic heterocycles. The van der Waals surface area contributed by atoms with Gasteiger partial charge >= 0.3 is 5.97 Å². The fourth-order valence-electron chi connectivity index (χ4n) is 2.21. The smallest absolute Gasteiger partial charge is 0.305 e. The molecule has 1 saturated carbocycles. The van der Waals surface area contributed by atoms with Gasteiger partial charge in [-0.1, -0.05) is 18.1 Å². The van der Waals surface area contributed by atoms with Crippen molar-refractivity contribution in [3.05, 3.63) is 11.6 Å². The second kappa shape index (κ2) is 5.84. The van der Waals surface area contributed by atoms with Crippen LogP contribution >= 0.6 is 0 Å². The van der Waals surface area contributed by atoms with Crippen LogP contribution in [0, 0.1) is 5.92 Å². The lowest BCUT2D eigenvalue weighted by atomic mass is 9.81. The maximum absolute atomic E-state index is 11.0. The molecular formula is C12H20O2. The first kappa shape index (κ1) is 11.3. The Morgan fingerprint density at radius 2 is 2.36 bits per heavy atom. The van der Waals surface area contributed by atoms with Crippen molar-refractivity contribution in [3.8, 4) is 0 Å². The molecular weight excluding hydrogens is 176 g/mol. The number of methoxy groups -OCH3 is 1. The highest BCUT2D eigenvalue weighted by atomic mass is 16.5. The van der Waals surface area contributed by atoms with Crippen molar-refractivity contribution in [2.24, 2.45) is 5.92 Å². The first-order chi connectivity index (χ1) is 6.77. The number of carbonyl (C=O) groups excluding carboxylic acids is 1. The summed E-state index contributed by atoms with van der Waals surface area (Å²) >= 11 is 0. The second-order valence-corrected chi connectivity index (χ2v) is 3.92. The highest BCUT2D eigenvalue weighted by Crippen LogP contribution is 2.32.